The fourth-order valence-electron chi connectivity index (χ4n) is 2.24. The summed E-state index contributed by atoms with van der Waals surface area (Å²) < 4.78 is 0. The van der Waals surface area contributed by atoms with Gasteiger partial charge >= 0.3 is 0 Å². The molecule has 0 bridgehead atoms. The van der Waals surface area contributed by atoms with Crippen molar-refractivity contribution in [2.75, 3.05) is 6.54 Å². The molecule has 0 saturated carbocycles. The summed E-state index contributed by atoms with van der Waals surface area (Å²) in [5, 5.41) is 3.67. The van der Waals surface area contributed by atoms with Gasteiger partial charge in [-0.05, 0) is 56.7 Å². The van der Waals surface area contributed by atoms with E-state index >= 15 is 0 Å². The van der Waals surface area contributed by atoms with Gasteiger partial charge in [-0.15, -0.1) is 11.3 Å². The van der Waals surface area contributed by atoms with Gasteiger partial charge < -0.3 is 5.32 Å². The van der Waals surface area contributed by atoms with Crippen molar-refractivity contribution in [2.24, 2.45) is 5.92 Å². The Morgan fingerprint density at radius 3 is 2.44 bits per heavy atom. The normalized spacial score (nSPS) is 13.2. The van der Waals surface area contributed by atoms with Crippen LogP contribution in [0.3, 0.4) is 0 Å². The molecule has 1 nitrogen and oxygen atoms in total. The standard InChI is InChI=1S/C16H29NS/c1-5-12-17-16(13(3)4)9-7-8-15-11-10-14(6-2)18-15/h10-11,13,16-17H,5-9,12H2,1-4H3. The van der Waals surface area contributed by atoms with Gasteiger partial charge in [0.2, 0.25) is 0 Å². The van der Waals surface area contributed by atoms with Gasteiger partial charge in [-0.1, -0.05) is 27.7 Å². The van der Waals surface area contributed by atoms with Crippen LogP contribution in [-0.2, 0) is 12.8 Å². The monoisotopic (exact) mass is 267 g/mol. The highest BCUT2D eigenvalue weighted by atomic mass is 32.1. The highest BCUT2D eigenvalue weighted by Gasteiger charge is 2.11. The Morgan fingerprint density at radius 1 is 1.17 bits per heavy atom. The van der Waals surface area contributed by atoms with E-state index in [1.54, 1.807) is 4.88 Å². The van der Waals surface area contributed by atoms with Gasteiger partial charge in [-0.25, -0.2) is 0 Å². The number of nitrogens with one attached hydrogen (secondary N) is 1. The molecular weight excluding hydrogens is 238 g/mol. The molecule has 104 valence electrons. The number of rotatable bonds is 9. The minimum atomic E-state index is 0.690. The molecule has 0 aliphatic carbocycles. The van der Waals surface area contributed by atoms with Crippen molar-refractivity contribution >= 4 is 11.3 Å². The van der Waals surface area contributed by atoms with Crippen LogP contribution in [0, 0.1) is 5.92 Å². The molecule has 0 aliphatic rings. The van der Waals surface area contributed by atoms with Crippen molar-refractivity contribution < 1.29 is 0 Å². The lowest BCUT2D eigenvalue weighted by Gasteiger charge is -2.22. The number of hydrogen-bond acceptors (Lipinski definition) is 2. The quantitative estimate of drug-likeness (QED) is 0.686. The third kappa shape index (κ3) is 5.53. The third-order valence-electron chi connectivity index (χ3n) is 3.47. The first-order valence-electron chi connectivity index (χ1n) is 7.48. The van der Waals surface area contributed by atoms with Crippen molar-refractivity contribution in [3.63, 3.8) is 0 Å². The molecule has 1 aromatic rings. The predicted molar refractivity (Wildman–Crippen MR) is 83.6 cm³/mol. The summed E-state index contributed by atoms with van der Waals surface area (Å²) in [6.07, 6.45) is 6.27. The average molecular weight is 267 g/mol. The summed E-state index contributed by atoms with van der Waals surface area (Å²) in [5.41, 5.74) is 0. The molecule has 1 unspecified atom stereocenters. The summed E-state index contributed by atoms with van der Waals surface area (Å²) in [5.74, 6) is 0.742. The van der Waals surface area contributed by atoms with Gasteiger partial charge in [0.15, 0.2) is 0 Å². The van der Waals surface area contributed by atoms with E-state index in [0.717, 1.165) is 12.5 Å². The van der Waals surface area contributed by atoms with Gasteiger partial charge in [0, 0.05) is 15.8 Å². The molecular formula is C16H29NS. The maximum atomic E-state index is 3.67. The SMILES string of the molecule is CCCNC(CCCc1ccc(CC)s1)C(C)C. The van der Waals surface area contributed by atoms with E-state index in [2.05, 4.69) is 45.1 Å². The van der Waals surface area contributed by atoms with Crippen LogP contribution in [0.1, 0.15) is 56.7 Å². The van der Waals surface area contributed by atoms with Gasteiger partial charge in [-0.3, -0.25) is 0 Å². The van der Waals surface area contributed by atoms with E-state index in [1.165, 1.54) is 37.0 Å². The summed E-state index contributed by atoms with van der Waals surface area (Å²) in [6, 6.07) is 5.29. The van der Waals surface area contributed by atoms with E-state index in [1.807, 2.05) is 11.3 Å². The Bertz CT molecular complexity index is 317. The summed E-state index contributed by atoms with van der Waals surface area (Å²) in [4.78, 5) is 3.08. The fraction of sp³-hybridized carbons (Fsp3) is 0.750. The minimum absolute atomic E-state index is 0.690. The second-order valence-electron chi connectivity index (χ2n) is 5.42. The lowest BCUT2D eigenvalue weighted by molar-refractivity contribution is 0.371. The minimum Gasteiger partial charge on any atom is -0.314 e. The molecule has 0 aromatic carbocycles. The number of thiophene rings is 1. The van der Waals surface area contributed by atoms with Gasteiger partial charge in [0.1, 0.15) is 0 Å². The van der Waals surface area contributed by atoms with Crippen molar-refractivity contribution in [1.29, 1.82) is 0 Å². The molecule has 1 heterocycles. The fourth-order valence-corrected chi connectivity index (χ4v) is 3.24. The van der Waals surface area contributed by atoms with E-state index in [-0.39, 0.29) is 0 Å². The van der Waals surface area contributed by atoms with Crippen LogP contribution >= 0.6 is 11.3 Å². The van der Waals surface area contributed by atoms with Crippen molar-refractivity contribution in [2.45, 2.75) is 65.8 Å². The first kappa shape index (κ1) is 15.7. The first-order valence-corrected chi connectivity index (χ1v) is 8.30. The molecule has 0 amide bonds. The molecule has 0 radical (unpaired) electrons. The molecule has 2 heteroatoms. The molecule has 0 fully saturated rings. The number of hydrogen-bond donors (Lipinski definition) is 1. The van der Waals surface area contributed by atoms with E-state index in [9.17, 15) is 0 Å². The van der Waals surface area contributed by atoms with Crippen LogP contribution < -0.4 is 5.32 Å². The highest BCUT2D eigenvalue weighted by molar-refractivity contribution is 7.11. The zero-order chi connectivity index (χ0) is 13.4. The van der Waals surface area contributed by atoms with Crippen molar-refractivity contribution in [3.05, 3.63) is 21.9 Å². The Morgan fingerprint density at radius 2 is 1.89 bits per heavy atom. The summed E-state index contributed by atoms with van der Waals surface area (Å²) in [6.45, 7) is 10.3. The van der Waals surface area contributed by atoms with Crippen LogP contribution in [0.15, 0.2) is 12.1 Å². The van der Waals surface area contributed by atoms with Crippen LogP contribution in [-0.4, -0.2) is 12.6 Å². The zero-order valence-corrected chi connectivity index (χ0v) is 13.3. The van der Waals surface area contributed by atoms with Crippen LogP contribution in [0.25, 0.3) is 0 Å². The molecule has 0 aliphatic heterocycles. The largest absolute Gasteiger partial charge is 0.314 e. The third-order valence-corrected chi connectivity index (χ3v) is 4.75. The van der Waals surface area contributed by atoms with E-state index < -0.39 is 0 Å². The Balaban J connectivity index is 2.29. The van der Waals surface area contributed by atoms with Gasteiger partial charge in [0.25, 0.3) is 0 Å². The molecule has 1 N–H and O–H groups in total. The second-order valence-corrected chi connectivity index (χ2v) is 6.67. The van der Waals surface area contributed by atoms with Gasteiger partial charge in [0.05, 0.1) is 0 Å². The Hall–Kier alpha value is -0.340. The van der Waals surface area contributed by atoms with Crippen molar-refractivity contribution in [3.8, 4) is 0 Å². The molecule has 1 aromatic heterocycles. The lowest BCUT2D eigenvalue weighted by Crippen LogP contribution is -2.34. The van der Waals surface area contributed by atoms with Crippen LogP contribution in [0.4, 0.5) is 0 Å². The molecule has 0 saturated heterocycles. The van der Waals surface area contributed by atoms with Crippen LogP contribution in [0.5, 0.6) is 0 Å². The van der Waals surface area contributed by atoms with Gasteiger partial charge in [-0.2, -0.15) is 0 Å². The summed E-state index contributed by atoms with van der Waals surface area (Å²) in [7, 11) is 0. The van der Waals surface area contributed by atoms with Crippen molar-refractivity contribution in [1.82, 2.24) is 5.32 Å². The molecule has 18 heavy (non-hydrogen) atoms. The van der Waals surface area contributed by atoms with E-state index in [0.29, 0.717) is 6.04 Å². The maximum Gasteiger partial charge on any atom is 0.00901 e. The summed E-state index contributed by atoms with van der Waals surface area (Å²) >= 11 is 1.99. The molecule has 1 atom stereocenters. The Labute approximate surface area is 117 Å². The number of aryl methyl sites for hydroxylation is 2. The van der Waals surface area contributed by atoms with E-state index in [4.69, 9.17) is 0 Å². The lowest BCUT2D eigenvalue weighted by atomic mass is 9.98. The Kier molecular flexibility index (Phi) is 7.60. The van der Waals surface area contributed by atoms with Crippen LogP contribution in [0.2, 0.25) is 0 Å². The maximum absolute atomic E-state index is 3.67. The topological polar surface area (TPSA) is 12.0 Å². The smallest absolute Gasteiger partial charge is 0.00901 e. The first-order chi connectivity index (χ1) is 8.67. The average Bonchev–Trinajstić information content (AvgIpc) is 2.81. The molecule has 1 rings (SSSR count). The predicted octanol–water partition coefficient (Wildman–Crippen LogP) is 4.66. The second kappa shape index (κ2) is 8.71. The zero-order valence-electron chi connectivity index (χ0n) is 12.5. The highest BCUT2D eigenvalue weighted by Crippen LogP contribution is 2.20. The molecule has 0 spiro atoms.